The summed E-state index contributed by atoms with van der Waals surface area (Å²) in [6.07, 6.45) is 0. The van der Waals surface area contributed by atoms with Gasteiger partial charge in [0.2, 0.25) is 0 Å². The van der Waals surface area contributed by atoms with E-state index in [1.807, 2.05) is 26.8 Å². The van der Waals surface area contributed by atoms with E-state index in [1.165, 1.54) is 24.2 Å². The zero-order valence-corrected chi connectivity index (χ0v) is 23.5. The minimum Gasteiger partial charge on any atom is -0.489 e. The minimum atomic E-state index is -3.86. The molecule has 0 saturated heterocycles. The fourth-order valence-corrected chi connectivity index (χ4v) is 5.37. The monoisotopic (exact) mass is 560 g/mol. The third-order valence-electron chi connectivity index (χ3n) is 6.02. The van der Waals surface area contributed by atoms with Crippen molar-refractivity contribution in [1.82, 2.24) is 5.32 Å². The van der Waals surface area contributed by atoms with Crippen molar-refractivity contribution >= 4 is 21.6 Å². The summed E-state index contributed by atoms with van der Waals surface area (Å²) in [5.74, 6) is -0.933. The van der Waals surface area contributed by atoms with Crippen LogP contribution < -0.4 is 14.4 Å². The molecule has 0 fully saturated rings. The minimum absolute atomic E-state index is 0.0579. The van der Waals surface area contributed by atoms with Crippen molar-refractivity contribution in [2.75, 3.05) is 24.0 Å². The molecule has 3 aromatic rings. The number of hydrogen-bond acceptors (Lipinski definition) is 5. The predicted molar refractivity (Wildman–Crippen MR) is 147 cm³/mol. The van der Waals surface area contributed by atoms with Crippen LogP contribution in [0.5, 0.6) is 5.75 Å². The molecule has 39 heavy (non-hydrogen) atoms. The Morgan fingerprint density at radius 2 is 1.82 bits per heavy atom. The summed E-state index contributed by atoms with van der Waals surface area (Å²) >= 11 is 0. The quantitative estimate of drug-likeness (QED) is 0.430. The molecule has 0 aromatic heterocycles. The number of amides is 1. The van der Waals surface area contributed by atoms with Gasteiger partial charge in [-0.2, -0.15) is 0 Å². The van der Waals surface area contributed by atoms with E-state index in [1.54, 1.807) is 30.3 Å². The fraction of sp³-hybridized carbons (Fsp3) is 0.345. The van der Waals surface area contributed by atoms with E-state index in [2.05, 4.69) is 5.32 Å². The molecule has 4 rings (SSSR count). The second-order valence-corrected chi connectivity index (χ2v) is 11.7. The highest BCUT2D eigenvalue weighted by molar-refractivity contribution is 7.92. The smallest absolute Gasteiger partial charge is 0.264 e. The number of halogens is 2. The molecule has 0 aliphatic carbocycles. The normalized spacial score (nSPS) is 13.2. The first kappa shape index (κ1) is 30.0. The number of carbonyl (C=O) groups is 1. The maximum atomic E-state index is 14.3. The van der Waals surface area contributed by atoms with E-state index in [0.717, 1.165) is 23.8 Å². The van der Waals surface area contributed by atoms with Crippen LogP contribution in [0.2, 0.25) is 0 Å². The summed E-state index contributed by atoms with van der Waals surface area (Å²) in [7, 11) is -3.86. The Morgan fingerprint density at radius 3 is 2.44 bits per heavy atom. The Bertz CT molecular complexity index is 1440. The number of nitrogens with one attached hydrogen (secondary N) is 1. The lowest BCUT2D eigenvalue weighted by molar-refractivity contribution is -0.136. The number of fused-ring (bicyclic) bond motifs is 1. The summed E-state index contributed by atoms with van der Waals surface area (Å²) in [6.45, 7) is 9.59. The van der Waals surface area contributed by atoms with Crippen LogP contribution in [-0.2, 0) is 14.8 Å². The summed E-state index contributed by atoms with van der Waals surface area (Å²) in [5.41, 5.74) is 0.406. The lowest BCUT2D eigenvalue weighted by atomic mass is 10.0. The number of ether oxygens (including phenoxy) is 1. The van der Waals surface area contributed by atoms with Crippen LogP contribution in [0.1, 0.15) is 46.1 Å². The number of nitrogens with zero attached hydrogens (tertiary/aromatic N) is 1. The number of benzene rings is 3. The molecule has 0 atom stereocenters. The molecule has 0 radical (unpaired) electrons. The SMILES string of the molecule is CC(C)c1cccc(S(=O)(=O)N2CCOc3ccc(-c4cc(F)ccc4F)cc32)c1.CCNC(=O)C(C)(C)O. The highest BCUT2D eigenvalue weighted by atomic mass is 32.2. The summed E-state index contributed by atoms with van der Waals surface area (Å²) in [4.78, 5) is 10.9. The van der Waals surface area contributed by atoms with Crippen LogP contribution in [0.15, 0.2) is 65.6 Å². The summed E-state index contributed by atoms with van der Waals surface area (Å²) < 4.78 is 61.7. The van der Waals surface area contributed by atoms with Crippen molar-refractivity contribution < 1.29 is 31.8 Å². The van der Waals surface area contributed by atoms with Gasteiger partial charge < -0.3 is 15.2 Å². The molecule has 1 heterocycles. The molecule has 210 valence electrons. The molecule has 1 amide bonds. The van der Waals surface area contributed by atoms with Gasteiger partial charge in [-0.3, -0.25) is 9.10 Å². The molecular formula is C29H34F2N2O5S. The maximum absolute atomic E-state index is 14.3. The molecule has 3 aromatic carbocycles. The summed E-state index contributed by atoms with van der Waals surface area (Å²) in [6, 6.07) is 14.7. The van der Waals surface area contributed by atoms with Crippen LogP contribution in [0.3, 0.4) is 0 Å². The van der Waals surface area contributed by atoms with Gasteiger partial charge in [0, 0.05) is 12.1 Å². The number of carbonyl (C=O) groups excluding carboxylic acids is 1. The second kappa shape index (κ2) is 12.1. The Labute approximate surface area is 228 Å². The first-order valence-corrected chi connectivity index (χ1v) is 14.0. The Balaban J connectivity index is 0.000000403. The standard InChI is InChI=1S/C23H21F2NO3S.C6H13NO2/c1-15(2)16-4-3-5-19(12-16)30(27,28)26-10-11-29-23-9-6-17(13-22(23)26)20-14-18(24)7-8-21(20)25;1-4-7-5(8)6(2,3)9/h3-9,12-15H,10-11H2,1-2H3;9H,4H2,1-3H3,(H,7,8). The molecule has 0 saturated carbocycles. The molecule has 0 unspecified atom stereocenters. The second-order valence-electron chi connectivity index (χ2n) is 9.88. The Kier molecular flexibility index (Phi) is 9.34. The van der Waals surface area contributed by atoms with Gasteiger partial charge in [0.25, 0.3) is 15.9 Å². The molecule has 10 heteroatoms. The van der Waals surface area contributed by atoms with Crippen LogP contribution in [0.4, 0.5) is 14.5 Å². The highest BCUT2D eigenvalue weighted by Gasteiger charge is 2.31. The van der Waals surface area contributed by atoms with Crippen molar-refractivity contribution in [1.29, 1.82) is 0 Å². The van der Waals surface area contributed by atoms with Gasteiger partial charge in [-0.25, -0.2) is 17.2 Å². The number of aliphatic hydroxyl groups is 1. The first-order valence-electron chi connectivity index (χ1n) is 12.6. The van der Waals surface area contributed by atoms with Crippen LogP contribution in [0, 0.1) is 11.6 Å². The largest absolute Gasteiger partial charge is 0.489 e. The third-order valence-corrected chi connectivity index (χ3v) is 7.83. The van der Waals surface area contributed by atoms with E-state index in [4.69, 9.17) is 9.84 Å². The predicted octanol–water partition coefficient (Wildman–Crippen LogP) is 5.24. The van der Waals surface area contributed by atoms with E-state index < -0.39 is 27.3 Å². The number of rotatable bonds is 6. The van der Waals surface area contributed by atoms with Gasteiger partial charge in [-0.05, 0) is 80.3 Å². The van der Waals surface area contributed by atoms with Crippen LogP contribution in [0.25, 0.3) is 11.1 Å². The van der Waals surface area contributed by atoms with E-state index in [0.29, 0.717) is 23.5 Å². The van der Waals surface area contributed by atoms with Crippen molar-refractivity contribution in [2.45, 2.75) is 51.0 Å². The fourth-order valence-electron chi connectivity index (χ4n) is 3.87. The van der Waals surface area contributed by atoms with Crippen molar-refractivity contribution in [2.24, 2.45) is 0 Å². The van der Waals surface area contributed by atoms with E-state index in [9.17, 15) is 22.0 Å². The molecular weight excluding hydrogens is 526 g/mol. The van der Waals surface area contributed by atoms with Gasteiger partial charge in [-0.1, -0.05) is 32.0 Å². The first-order chi connectivity index (χ1) is 18.3. The van der Waals surface area contributed by atoms with E-state index >= 15 is 0 Å². The third kappa shape index (κ3) is 7.13. The van der Waals surface area contributed by atoms with Gasteiger partial charge >= 0.3 is 0 Å². The number of likely N-dealkylation sites (N-methyl/N-ethyl adjacent to an activating group) is 1. The molecule has 0 bridgehead atoms. The van der Waals surface area contributed by atoms with Crippen LogP contribution in [-0.4, -0.2) is 44.7 Å². The van der Waals surface area contributed by atoms with Crippen molar-refractivity contribution in [3.05, 3.63) is 77.9 Å². The number of anilines is 1. The van der Waals surface area contributed by atoms with Gasteiger partial charge in [0.15, 0.2) is 0 Å². The molecule has 7 nitrogen and oxygen atoms in total. The lowest BCUT2D eigenvalue weighted by Gasteiger charge is -2.31. The Morgan fingerprint density at radius 1 is 1.10 bits per heavy atom. The Hall–Kier alpha value is -3.50. The van der Waals surface area contributed by atoms with Gasteiger partial charge in [0.1, 0.15) is 29.6 Å². The highest BCUT2D eigenvalue weighted by Crippen LogP contribution is 2.39. The zero-order valence-electron chi connectivity index (χ0n) is 22.7. The average Bonchev–Trinajstić information content (AvgIpc) is 2.89. The summed E-state index contributed by atoms with van der Waals surface area (Å²) in [5, 5.41) is 11.5. The molecule has 2 N–H and O–H groups in total. The molecule has 1 aliphatic heterocycles. The lowest BCUT2D eigenvalue weighted by Crippen LogP contribution is -2.41. The molecule has 0 spiro atoms. The van der Waals surface area contributed by atoms with Crippen molar-refractivity contribution in [3.63, 3.8) is 0 Å². The maximum Gasteiger partial charge on any atom is 0.264 e. The van der Waals surface area contributed by atoms with Crippen molar-refractivity contribution in [3.8, 4) is 16.9 Å². The van der Waals surface area contributed by atoms with Gasteiger partial charge in [-0.15, -0.1) is 0 Å². The number of sulfonamides is 1. The number of hydrogen-bond donors (Lipinski definition) is 2. The van der Waals surface area contributed by atoms with Crippen LogP contribution >= 0.6 is 0 Å². The zero-order chi connectivity index (χ0) is 29.0. The average molecular weight is 561 g/mol. The van der Waals surface area contributed by atoms with E-state index in [-0.39, 0.29) is 35.4 Å². The topological polar surface area (TPSA) is 95.9 Å². The van der Waals surface area contributed by atoms with Gasteiger partial charge in [0.05, 0.1) is 17.1 Å². The molecule has 1 aliphatic rings.